The van der Waals surface area contributed by atoms with Gasteiger partial charge in [0, 0.05) is 38.4 Å². The van der Waals surface area contributed by atoms with Crippen LogP contribution in [0.5, 0.6) is 0 Å². The number of anilines is 1. The summed E-state index contributed by atoms with van der Waals surface area (Å²) < 4.78 is 38.3. The number of hydrogen-bond acceptors (Lipinski definition) is 6. The highest BCUT2D eigenvalue weighted by molar-refractivity contribution is 8.00. The summed E-state index contributed by atoms with van der Waals surface area (Å²) in [6.07, 6.45) is -2.97. The van der Waals surface area contributed by atoms with Crippen molar-refractivity contribution in [3.63, 3.8) is 0 Å². The number of carbonyl (C=O) groups excluding carboxylic acids is 1. The lowest BCUT2D eigenvalue weighted by molar-refractivity contribution is -0.388. The molecule has 1 aliphatic heterocycles. The number of nitrogens with zero attached hydrogens (tertiary/aromatic N) is 4. The van der Waals surface area contributed by atoms with E-state index in [0.717, 1.165) is 29.7 Å². The van der Waals surface area contributed by atoms with Gasteiger partial charge in [-0.25, -0.2) is 4.98 Å². The minimum Gasteiger partial charge on any atom is -0.353 e. The Morgan fingerprint density at radius 3 is 2.48 bits per heavy atom. The Balaban J connectivity index is 1.59. The highest BCUT2D eigenvalue weighted by Gasteiger charge is 2.33. The number of alkyl halides is 3. The second-order valence-corrected chi connectivity index (χ2v) is 7.30. The van der Waals surface area contributed by atoms with Gasteiger partial charge in [-0.2, -0.15) is 13.2 Å². The van der Waals surface area contributed by atoms with Gasteiger partial charge in [-0.3, -0.25) is 14.9 Å². The highest BCUT2D eigenvalue weighted by atomic mass is 32.2. The van der Waals surface area contributed by atoms with Crippen LogP contribution in [-0.2, 0) is 11.0 Å². The van der Waals surface area contributed by atoms with Gasteiger partial charge in [0.2, 0.25) is 5.91 Å². The second kappa shape index (κ2) is 8.68. The molecule has 29 heavy (non-hydrogen) atoms. The third-order valence-corrected chi connectivity index (χ3v) is 5.49. The van der Waals surface area contributed by atoms with Gasteiger partial charge in [0.1, 0.15) is 5.82 Å². The Kier molecular flexibility index (Phi) is 6.26. The van der Waals surface area contributed by atoms with Crippen molar-refractivity contribution >= 4 is 29.2 Å². The van der Waals surface area contributed by atoms with Gasteiger partial charge in [-0.05, 0) is 24.3 Å². The second-order valence-electron chi connectivity index (χ2n) is 6.28. The molecule has 0 aliphatic carbocycles. The van der Waals surface area contributed by atoms with E-state index in [1.165, 1.54) is 0 Å². The molecule has 0 spiro atoms. The average Bonchev–Trinajstić information content (AvgIpc) is 2.72. The number of benzene rings is 1. The van der Waals surface area contributed by atoms with Gasteiger partial charge < -0.3 is 9.80 Å². The Hall–Kier alpha value is -2.82. The summed E-state index contributed by atoms with van der Waals surface area (Å²) in [5, 5.41) is 11.1. The fraction of sp³-hybridized carbons (Fsp3) is 0.333. The molecule has 1 saturated heterocycles. The molecular formula is C18H17F3N4O3S. The van der Waals surface area contributed by atoms with Crippen LogP contribution >= 0.6 is 11.8 Å². The number of rotatable bonds is 5. The monoisotopic (exact) mass is 426 g/mol. The summed E-state index contributed by atoms with van der Waals surface area (Å²) in [7, 11) is 0. The molecule has 0 N–H and O–H groups in total. The first kappa shape index (κ1) is 20.9. The van der Waals surface area contributed by atoms with Crippen LogP contribution in [0.1, 0.15) is 5.56 Å². The maximum atomic E-state index is 12.8. The molecule has 1 amide bonds. The Labute approximate surface area is 168 Å². The van der Waals surface area contributed by atoms with E-state index in [-0.39, 0.29) is 16.6 Å². The molecule has 3 rings (SSSR count). The molecule has 1 aliphatic rings. The van der Waals surface area contributed by atoms with E-state index in [2.05, 4.69) is 9.88 Å². The number of nitro benzene ring substituents is 1. The zero-order chi connectivity index (χ0) is 21.0. The molecule has 11 heteroatoms. The molecule has 1 aromatic heterocycles. The van der Waals surface area contributed by atoms with Crippen molar-refractivity contribution in [1.29, 1.82) is 0 Å². The fourth-order valence-electron chi connectivity index (χ4n) is 2.91. The van der Waals surface area contributed by atoms with Crippen LogP contribution in [0.15, 0.2) is 47.5 Å². The van der Waals surface area contributed by atoms with Crippen LogP contribution in [-0.4, -0.2) is 52.6 Å². The van der Waals surface area contributed by atoms with Gasteiger partial charge in [0.15, 0.2) is 0 Å². The van der Waals surface area contributed by atoms with Gasteiger partial charge in [-0.1, -0.05) is 6.07 Å². The standard InChI is InChI=1S/C18H17F3N4O3S/c19-18(20,21)13-4-5-15(14(11-13)25(27)28)29-12-17(26)24-9-7-23(8-10-24)16-3-1-2-6-22-16/h1-6,11H,7-10,12H2. The number of amides is 1. The Morgan fingerprint density at radius 2 is 1.90 bits per heavy atom. The van der Waals surface area contributed by atoms with E-state index in [9.17, 15) is 28.1 Å². The number of pyridine rings is 1. The van der Waals surface area contributed by atoms with E-state index >= 15 is 0 Å². The minimum absolute atomic E-state index is 0.0310. The topological polar surface area (TPSA) is 79.6 Å². The molecule has 1 aromatic carbocycles. The van der Waals surface area contributed by atoms with Gasteiger partial charge >= 0.3 is 6.18 Å². The van der Waals surface area contributed by atoms with Crippen molar-refractivity contribution < 1.29 is 22.9 Å². The first-order chi connectivity index (χ1) is 13.8. The van der Waals surface area contributed by atoms with E-state index in [0.29, 0.717) is 32.2 Å². The third kappa shape index (κ3) is 5.17. The summed E-state index contributed by atoms with van der Waals surface area (Å²) in [4.78, 5) is 30.7. The molecule has 1 fully saturated rings. The SMILES string of the molecule is O=C(CSc1ccc(C(F)(F)F)cc1[N+](=O)[O-])N1CCN(c2ccccn2)CC1. The van der Waals surface area contributed by atoms with Gasteiger partial charge in [-0.15, -0.1) is 11.8 Å². The van der Waals surface area contributed by atoms with Crippen LogP contribution in [0.4, 0.5) is 24.7 Å². The van der Waals surface area contributed by atoms with Crippen LogP contribution in [0.2, 0.25) is 0 Å². The number of thioether (sulfide) groups is 1. The molecule has 0 bridgehead atoms. The Morgan fingerprint density at radius 1 is 1.17 bits per heavy atom. The van der Waals surface area contributed by atoms with Crippen LogP contribution in [0.25, 0.3) is 0 Å². The zero-order valence-electron chi connectivity index (χ0n) is 15.1. The number of nitro groups is 1. The molecular weight excluding hydrogens is 409 g/mol. The maximum Gasteiger partial charge on any atom is 0.416 e. The van der Waals surface area contributed by atoms with Crippen molar-refractivity contribution in [1.82, 2.24) is 9.88 Å². The molecule has 2 heterocycles. The lowest BCUT2D eigenvalue weighted by Crippen LogP contribution is -2.49. The molecule has 0 unspecified atom stereocenters. The smallest absolute Gasteiger partial charge is 0.353 e. The van der Waals surface area contributed by atoms with E-state index in [1.54, 1.807) is 11.1 Å². The van der Waals surface area contributed by atoms with Crippen LogP contribution < -0.4 is 4.90 Å². The normalized spacial score (nSPS) is 14.7. The van der Waals surface area contributed by atoms with Crippen molar-refractivity contribution in [3.05, 3.63) is 58.3 Å². The minimum atomic E-state index is -4.67. The number of carbonyl (C=O) groups is 1. The van der Waals surface area contributed by atoms with Gasteiger partial charge in [0.25, 0.3) is 5.69 Å². The largest absolute Gasteiger partial charge is 0.416 e. The molecule has 0 saturated carbocycles. The van der Waals surface area contributed by atoms with Crippen LogP contribution in [0, 0.1) is 10.1 Å². The number of halogens is 3. The molecule has 154 valence electrons. The lowest BCUT2D eigenvalue weighted by atomic mass is 10.2. The average molecular weight is 426 g/mol. The quantitative estimate of drug-likeness (QED) is 0.414. The summed E-state index contributed by atoms with van der Waals surface area (Å²) in [5.74, 6) is 0.523. The zero-order valence-corrected chi connectivity index (χ0v) is 15.9. The summed E-state index contributed by atoms with van der Waals surface area (Å²) in [6.45, 7) is 2.16. The van der Waals surface area contributed by atoms with Crippen molar-refractivity contribution in [2.75, 3.05) is 36.8 Å². The number of aromatic nitrogens is 1. The predicted molar refractivity (Wildman–Crippen MR) is 102 cm³/mol. The van der Waals surface area contributed by atoms with E-state index in [1.807, 2.05) is 18.2 Å². The number of hydrogen-bond donors (Lipinski definition) is 0. The van der Waals surface area contributed by atoms with E-state index < -0.39 is 22.4 Å². The van der Waals surface area contributed by atoms with Crippen molar-refractivity contribution in [3.8, 4) is 0 Å². The van der Waals surface area contributed by atoms with E-state index in [4.69, 9.17) is 0 Å². The highest BCUT2D eigenvalue weighted by Crippen LogP contribution is 2.36. The Bertz CT molecular complexity index is 888. The summed E-state index contributed by atoms with van der Waals surface area (Å²) >= 11 is 0.867. The first-order valence-electron chi connectivity index (χ1n) is 8.68. The molecule has 0 atom stereocenters. The summed E-state index contributed by atoms with van der Waals surface area (Å²) in [6, 6.07) is 7.91. The lowest BCUT2D eigenvalue weighted by Gasteiger charge is -2.35. The summed E-state index contributed by atoms with van der Waals surface area (Å²) in [5.41, 5.74) is -1.75. The van der Waals surface area contributed by atoms with Crippen LogP contribution in [0.3, 0.4) is 0 Å². The molecule has 0 radical (unpaired) electrons. The van der Waals surface area contributed by atoms with Crippen molar-refractivity contribution in [2.45, 2.75) is 11.1 Å². The maximum absolute atomic E-state index is 12.8. The third-order valence-electron chi connectivity index (χ3n) is 4.44. The number of piperazine rings is 1. The predicted octanol–water partition coefficient (Wildman–Crippen LogP) is 3.45. The van der Waals surface area contributed by atoms with Crippen molar-refractivity contribution in [2.24, 2.45) is 0 Å². The molecule has 2 aromatic rings. The van der Waals surface area contributed by atoms with Gasteiger partial charge in [0.05, 0.1) is 21.1 Å². The molecule has 7 nitrogen and oxygen atoms in total. The fourth-order valence-corrected chi connectivity index (χ4v) is 3.82. The first-order valence-corrected chi connectivity index (χ1v) is 9.66.